The van der Waals surface area contributed by atoms with Gasteiger partial charge in [0, 0.05) is 24.3 Å². The molecular weight excluding hydrogens is 276 g/mol. The number of ether oxygens (including phenoxy) is 2. The van der Waals surface area contributed by atoms with E-state index in [0.29, 0.717) is 18.8 Å². The number of carbonyl (C=O) groups is 1. The molecule has 0 aliphatic heterocycles. The maximum absolute atomic E-state index is 13.1. The number of rotatable bonds is 7. The molecule has 0 saturated carbocycles. The summed E-state index contributed by atoms with van der Waals surface area (Å²) >= 11 is 0. The van der Waals surface area contributed by atoms with Crippen molar-refractivity contribution >= 4 is 5.78 Å². The van der Waals surface area contributed by atoms with Crippen LogP contribution in [-0.2, 0) is 15.3 Å². The van der Waals surface area contributed by atoms with E-state index in [1.54, 1.807) is 12.1 Å². The molecular formula is C19H22O3. The second kappa shape index (κ2) is 7.34. The molecule has 2 rings (SSSR count). The molecule has 0 aliphatic carbocycles. The normalized spacial score (nSPS) is 11.4. The Morgan fingerprint density at radius 3 is 1.95 bits per heavy atom. The van der Waals surface area contributed by atoms with E-state index in [2.05, 4.69) is 0 Å². The minimum Gasteiger partial charge on any atom is -0.340 e. The van der Waals surface area contributed by atoms with Crippen molar-refractivity contribution in [3.63, 3.8) is 0 Å². The molecule has 0 heterocycles. The number of hydrogen-bond donors (Lipinski definition) is 0. The topological polar surface area (TPSA) is 35.5 Å². The summed E-state index contributed by atoms with van der Waals surface area (Å²) in [5.74, 6) is -1.57. The maximum atomic E-state index is 13.1. The van der Waals surface area contributed by atoms with Crippen molar-refractivity contribution in [2.45, 2.75) is 26.6 Å². The first-order valence-electron chi connectivity index (χ1n) is 7.59. The quantitative estimate of drug-likeness (QED) is 0.570. The van der Waals surface area contributed by atoms with Crippen molar-refractivity contribution in [2.75, 3.05) is 13.2 Å². The Kier molecular flexibility index (Phi) is 5.47. The van der Waals surface area contributed by atoms with Gasteiger partial charge in [-0.15, -0.1) is 0 Å². The van der Waals surface area contributed by atoms with Crippen LogP contribution in [0.4, 0.5) is 0 Å². The summed E-state index contributed by atoms with van der Waals surface area (Å²) in [6.07, 6.45) is 0. The molecule has 0 unspecified atom stereocenters. The highest BCUT2D eigenvalue weighted by molar-refractivity contribution is 6.02. The predicted molar refractivity (Wildman–Crippen MR) is 86.9 cm³/mol. The highest BCUT2D eigenvalue weighted by Gasteiger charge is 2.42. The Morgan fingerprint density at radius 1 is 0.909 bits per heavy atom. The fraction of sp³-hybridized carbons (Fsp3) is 0.316. The summed E-state index contributed by atoms with van der Waals surface area (Å²) in [6, 6.07) is 16.8. The molecule has 0 N–H and O–H groups in total. The fourth-order valence-electron chi connectivity index (χ4n) is 2.43. The standard InChI is InChI=1S/C19H22O3/c1-4-21-19(22-5-2,17-13-11-15(3)12-14-17)18(20)16-9-7-6-8-10-16/h6-14H,4-5H2,1-3H3. The van der Waals surface area contributed by atoms with Gasteiger partial charge in [0.15, 0.2) is 0 Å². The van der Waals surface area contributed by atoms with Crippen LogP contribution in [0.2, 0.25) is 0 Å². The molecule has 0 atom stereocenters. The summed E-state index contributed by atoms with van der Waals surface area (Å²) < 4.78 is 11.7. The van der Waals surface area contributed by atoms with Gasteiger partial charge in [-0.2, -0.15) is 0 Å². The van der Waals surface area contributed by atoms with Crippen LogP contribution in [-0.4, -0.2) is 19.0 Å². The molecule has 3 nitrogen and oxygen atoms in total. The maximum Gasteiger partial charge on any atom is 0.261 e. The molecule has 2 aromatic rings. The van der Waals surface area contributed by atoms with Crippen LogP contribution >= 0.6 is 0 Å². The number of aryl methyl sites for hydroxylation is 1. The van der Waals surface area contributed by atoms with Gasteiger partial charge in [-0.3, -0.25) is 4.79 Å². The van der Waals surface area contributed by atoms with Crippen molar-refractivity contribution in [1.82, 2.24) is 0 Å². The molecule has 0 aliphatic rings. The van der Waals surface area contributed by atoms with Gasteiger partial charge in [0.2, 0.25) is 5.78 Å². The zero-order valence-corrected chi connectivity index (χ0v) is 13.3. The first kappa shape index (κ1) is 16.4. The number of hydrogen-bond acceptors (Lipinski definition) is 3. The third-order valence-electron chi connectivity index (χ3n) is 3.46. The van der Waals surface area contributed by atoms with Gasteiger partial charge in [0.1, 0.15) is 0 Å². The third kappa shape index (κ3) is 3.26. The minimum absolute atomic E-state index is 0.180. The summed E-state index contributed by atoms with van der Waals surface area (Å²) in [4.78, 5) is 13.1. The van der Waals surface area contributed by atoms with Gasteiger partial charge in [-0.1, -0.05) is 60.2 Å². The smallest absolute Gasteiger partial charge is 0.261 e. The summed E-state index contributed by atoms with van der Waals surface area (Å²) in [5.41, 5.74) is 2.42. The van der Waals surface area contributed by atoms with E-state index in [9.17, 15) is 4.79 Å². The van der Waals surface area contributed by atoms with Crippen LogP contribution in [0.25, 0.3) is 0 Å². The van der Waals surface area contributed by atoms with Gasteiger partial charge >= 0.3 is 0 Å². The van der Waals surface area contributed by atoms with Gasteiger partial charge in [-0.25, -0.2) is 0 Å². The lowest BCUT2D eigenvalue weighted by Crippen LogP contribution is -2.42. The van der Waals surface area contributed by atoms with E-state index in [-0.39, 0.29) is 5.78 Å². The van der Waals surface area contributed by atoms with Crippen molar-refractivity contribution in [3.05, 3.63) is 71.3 Å². The minimum atomic E-state index is -1.39. The van der Waals surface area contributed by atoms with Crippen molar-refractivity contribution in [2.24, 2.45) is 0 Å². The number of ketones is 1. The first-order valence-corrected chi connectivity index (χ1v) is 7.59. The summed E-state index contributed by atoms with van der Waals surface area (Å²) in [6.45, 7) is 6.49. The van der Waals surface area contributed by atoms with Crippen LogP contribution in [0.3, 0.4) is 0 Å². The molecule has 0 aromatic heterocycles. The van der Waals surface area contributed by atoms with E-state index in [1.165, 1.54) is 0 Å². The monoisotopic (exact) mass is 298 g/mol. The van der Waals surface area contributed by atoms with Gasteiger partial charge in [0.05, 0.1) is 0 Å². The van der Waals surface area contributed by atoms with Crippen molar-refractivity contribution < 1.29 is 14.3 Å². The Labute approximate surface area is 131 Å². The predicted octanol–water partition coefficient (Wildman–Crippen LogP) is 4.10. The zero-order chi connectivity index (χ0) is 16.0. The van der Waals surface area contributed by atoms with E-state index < -0.39 is 5.79 Å². The number of benzene rings is 2. The fourth-order valence-corrected chi connectivity index (χ4v) is 2.43. The third-order valence-corrected chi connectivity index (χ3v) is 3.46. The van der Waals surface area contributed by atoms with Crippen LogP contribution in [0.1, 0.15) is 35.3 Å². The number of Topliss-reactive ketones (excluding diaryl/α,β-unsaturated/α-hetero) is 1. The molecule has 116 valence electrons. The van der Waals surface area contributed by atoms with E-state index >= 15 is 0 Å². The number of carbonyl (C=O) groups excluding carboxylic acids is 1. The highest BCUT2D eigenvalue weighted by atomic mass is 16.7. The molecule has 0 saturated heterocycles. The van der Waals surface area contributed by atoms with Gasteiger partial charge in [-0.05, 0) is 20.8 Å². The van der Waals surface area contributed by atoms with Crippen LogP contribution in [0.15, 0.2) is 54.6 Å². The lowest BCUT2D eigenvalue weighted by molar-refractivity contribution is -0.204. The summed E-state index contributed by atoms with van der Waals surface area (Å²) in [5, 5.41) is 0. The molecule has 0 bridgehead atoms. The average Bonchev–Trinajstić information content (AvgIpc) is 2.55. The molecule has 0 amide bonds. The molecule has 2 aromatic carbocycles. The molecule has 0 spiro atoms. The Morgan fingerprint density at radius 2 is 1.45 bits per heavy atom. The summed E-state index contributed by atoms with van der Waals surface area (Å²) in [7, 11) is 0. The molecule has 22 heavy (non-hydrogen) atoms. The average molecular weight is 298 g/mol. The van der Waals surface area contributed by atoms with E-state index in [4.69, 9.17) is 9.47 Å². The SMILES string of the molecule is CCOC(OCC)(C(=O)c1ccccc1)c1ccc(C)cc1. The van der Waals surface area contributed by atoms with E-state index in [0.717, 1.165) is 11.1 Å². The Bertz CT molecular complexity index is 596. The first-order chi connectivity index (χ1) is 10.6. The van der Waals surface area contributed by atoms with Crippen LogP contribution < -0.4 is 0 Å². The molecule has 0 radical (unpaired) electrons. The van der Waals surface area contributed by atoms with Crippen LogP contribution in [0, 0.1) is 6.92 Å². The molecule has 3 heteroatoms. The van der Waals surface area contributed by atoms with Crippen molar-refractivity contribution in [3.8, 4) is 0 Å². The van der Waals surface area contributed by atoms with Crippen LogP contribution in [0.5, 0.6) is 0 Å². The second-order valence-electron chi connectivity index (χ2n) is 5.04. The second-order valence-corrected chi connectivity index (χ2v) is 5.04. The van der Waals surface area contributed by atoms with Gasteiger partial charge in [0.25, 0.3) is 5.79 Å². The lowest BCUT2D eigenvalue weighted by Gasteiger charge is -2.32. The Balaban J connectivity index is 2.53. The van der Waals surface area contributed by atoms with Crippen molar-refractivity contribution in [1.29, 1.82) is 0 Å². The van der Waals surface area contributed by atoms with Gasteiger partial charge < -0.3 is 9.47 Å². The Hall–Kier alpha value is -1.97. The highest BCUT2D eigenvalue weighted by Crippen LogP contribution is 2.32. The van der Waals surface area contributed by atoms with E-state index in [1.807, 2.05) is 63.2 Å². The molecule has 0 fully saturated rings. The largest absolute Gasteiger partial charge is 0.340 e. The zero-order valence-electron chi connectivity index (χ0n) is 13.3. The lowest BCUT2D eigenvalue weighted by atomic mass is 9.95.